The van der Waals surface area contributed by atoms with Gasteiger partial charge in [-0.25, -0.2) is 9.18 Å². The summed E-state index contributed by atoms with van der Waals surface area (Å²) in [5.74, 6) is -1.88. The molecule has 138 valence electrons. The Morgan fingerprint density at radius 2 is 2.04 bits per heavy atom. The maximum absolute atomic E-state index is 14.1. The fourth-order valence-corrected chi connectivity index (χ4v) is 4.68. The van der Waals surface area contributed by atoms with Gasteiger partial charge in [0.2, 0.25) is 11.8 Å². The van der Waals surface area contributed by atoms with E-state index in [0.717, 1.165) is 19.3 Å². The summed E-state index contributed by atoms with van der Waals surface area (Å²) >= 11 is 0. The highest BCUT2D eigenvalue weighted by molar-refractivity contribution is 5.90. The van der Waals surface area contributed by atoms with Crippen LogP contribution in [0.25, 0.3) is 0 Å². The van der Waals surface area contributed by atoms with Gasteiger partial charge in [0.05, 0.1) is 11.5 Å². The number of carboxylic acids is 1. The minimum atomic E-state index is -1.11. The summed E-state index contributed by atoms with van der Waals surface area (Å²) < 4.78 is 14.1. The molecule has 2 N–H and O–H groups in total. The molecule has 7 heteroatoms. The number of nitrogens with zero attached hydrogens (tertiary/aromatic N) is 1. The van der Waals surface area contributed by atoms with Crippen LogP contribution in [0.2, 0.25) is 0 Å². The van der Waals surface area contributed by atoms with Crippen LogP contribution in [0.5, 0.6) is 0 Å². The zero-order valence-corrected chi connectivity index (χ0v) is 14.4. The van der Waals surface area contributed by atoms with Crippen molar-refractivity contribution < 1.29 is 23.9 Å². The van der Waals surface area contributed by atoms with Gasteiger partial charge in [-0.15, -0.1) is 0 Å². The van der Waals surface area contributed by atoms with Crippen LogP contribution in [-0.4, -0.2) is 40.9 Å². The van der Waals surface area contributed by atoms with Gasteiger partial charge in [0.25, 0.3) is 0 Å². The van der Waals surface area contributed by atoms with Gasteiger partial charge in [-0.1, -0.05) is 6.42 Å². The molecule has 6 nitrogen and oxygen atoms in total. The van der Waals surface area contributed by atoms with E-state index in [-0.39, 0.29) is 35.3 Å². The number of rotatable bonds is 2. The van der Waals surface area contributed by atoms with E-state index in [0.29, 0.717) is 37.1 Å². The minimum Gasteiger partial charge on any atom is -0.478 e. The molecule has 1 spiro atoms. The van der Waals surface area contributed by atoms with Crippen LogP contribution >= 0.6 is 0 Å². The molecular weight excluding hydrogens is 339 g/mol. The molecule has 1 saturated carbocycles. The number of nitrogens with one attached hydrogen (secondary N) is 1. The van der Waals surface area contributed by atoms with Gasteiger partial charge in [0.1, 0.15) is 5.82 Å². The summed E-state index contributed by atoms with van der Waals surface area (Å²) in [4.78, 5) is 38.1. The van der Waals surface area contributed by atoms with Crippen LogP contribution in [-0.2, 0) is 22.6 Å². The summed E-state index contributed by atoms with van der Waals surface area (Å²) in [6.07, 6.45) is 3.45. The Balaban J connectivity index is 1.61. The molecule has 26 heavy (non-hydrogen) atoms. The molecule has 3 aliphatic rings. The number of aromatic carboxylic acids is 1. The lowest BCUT2D eigenvalue weighted by Gasteiger charge is -2.50. The lowest BCUT2D eigenvalue weighted by Crippen LogP contribution is -2.57. The summed E-state index contributed by atoms with van der Waals surface area (Å²) in [6.45, 7) is 0.802. The molecule has 0 radical (unpaired) electrons. The Morgan fingerprint density at radius 1 is 1.27 bits per heavy atom. The maximum Gasteiger partial charge on any atom is 0.336 e. The average Bonchev–Trinajstić information content (AvgIpc) is 2.59. The largest absolute Gasteiger partial charge is 0.478 e. The Morgan fingerprint density at radius 3 is 2.69 bits per heavy atom. The number of carbonyl (C=O) groups excluding carboxylic acids is 2. The molecule has 0 aromatic heterocycles. The lowest BCUT2D eigenvalue weighted by atomic mass is 9.57. The second kappa shape index (κ2) is 6.07. The first-order valence-corrected chi connectivity index (χ1v) is 9.00. The molecule has 1 aromatic rings. The van der Waals surface area contributed by atoms with Gasteiger partial charge >= 0.3 is 5.97 Å². The van der Waals surface area contributed by atoms with Crippen molar-refractivity contribution in [3.05, 3.63) is 34.6 Å². The number of fused-ring (bicyclic) bond motifs is 1. The molecule has 2 aliphatic heterocycles. The number of benzene rings is 1. The van der Waals surface area contributed by atoms with Crippen LogP contribution in [0.3, 0.4) is 0 Å². The Hall–Kier alpha value is -2.44. The highest BCUT2D eigenvalue weighted by Gasteiger charge is 2.52. The third-order valence-electron chi connectivity index (χ3n) is 6.30. The van der Waals surface area contributed by atoms with Crippen LogP contribution in [0.15, 0.2) is 12.1 Å². The molecule has 1 aromatic carbocycles. The Kier molecular flexibility index (Phi) is 3.97. The molecule has 2 fully saturated rings. The van der Waals surface area contributed by atoms with Crippen LogP contribution < -0.4 is 5.32 Å². The normalized spacial score (nSPS) is 23.8. The number of piperidine rings is 1. The SMILES string of the molecule is O=C1CC2(CCC2)C(C(=O)N2CCc3c(F)ccc(C(=O)O)c3C2)CN1. The zero-order chi connectivity index (χ0) is 18.5. The maximum atomic E-state index is 14.1. The Labute approximate surface area is 150 Å². The number of halogens is 1. The van der Waals surface area contributed by atoms with Gasteiger partial charge in [-0.05, 0) is 47.9 Å². The number of hydrogen-bond acceptors (Lipinski definition) is 3. The summed E-state index contributed by atoms with van der Waals surface area (Å²) in [6, 6.07) is 2.44. The second-order valence-electron chi connectivity index (χ2n) is 7.62. The van der Waals surface area contributed by atoms with Crippen molar-refractivity contribution in [2.45, 2.75) is 38.6 Å². The van der Waals surface area contributed by atoms with Crippen LogP contribution in [0.1, 0.15) is 47.2 Å². The van der Waals surface area contributed by atoms with E-state index >= 15 is 0 Å². The monoisotopic (exact) mass is 360 g/mol. The van der Waals surface area contributed by atoms with Gasteiger partial charge < -0.3 is 15.3 Å². The fourth-order valence-electron chi connectivity index (χ4n) is 4.68. The molecule has 0 bridgehead atoms. The molecule has 2 heterocycles. The predicted molar refractivity (Wildman–Crippen MR) is 89.9 cm³/mol. The van der Waals surface area contributed by atoms with E-state index in [1.54, 1.807) is 4.90 Å². The summed E-state index contributed by atoms with van der Waals surface area (Å²) in [7, 11) is 0. The second-order valence-corrected chi connectivity index (χ2v) is 7.62. The molecule has 1 unspecified atom stereocenters. The van der Waals surface area contributed by atoms with E-state index in [2.05, 4.69) is 5.32 Å². The lowest BCUT2D eigenvalue weighted by molar-refractivity contribution is -0.150. The van der Waals surface area contributed by atoms with Crippen LogP contribution in [0, 0.1) is 17.2 Å². The number of amides is 2. The molecule has 1 aliphatic carbocycles. The first-order valence-electron chi connectivity index (χ1n) is 9.00. The van der Waals surface area contributed by atoms with Gasteiger partial charge in [0, 0.05) is 26.1 Å². The number of carboxylic acid groups (broad SMARTS) is 1. The topological polar surface area (TPSA) is 86.7 Å². The van der Waals surface area contributed by atoms with E-state index in [4.69, 9.17) is 0 Å². The molecule has 1 atom stereocenters. The van der Waals surface area contributed by atoms with E-state index in [1.165, 1.54) is 12.1 Å². The van der Waals surface area contributed by atoms with Crippen molar-refractivity contribution >= 4 is 17.8 Å². The van der Waals surface area contributed by atoms with E-state index in [9.17, 15) is 23.9 Å². The third kappa shape index (κ3) is 2.57. The smallest absolute Gasteiger partial charge is 0.336 e. The number of hydrogen-bond donors (Lipinski definition) is 2. The van der Waals surface area contributed by atoms with Crippen molar-refractivity contribution in [3.63, 3.8) is 0 Å². The molecular formula is C19H21FN2O4. The summed E-state index contributed by atoms with van der Waals surface area (Å²) in [5.41, 5.74) is 0.579. The highest BCUT2D eigenvalue weighted by Crippen LogP contribution is 2.52. The third-order valence-corrected chi connectivity index (χ3v) is 6.30. The first kappa shape index (κ1) is 17.0. The molecule has 1 saturated heterocycles. The quantitative estimate of drug-likeness (QED) is 0.841. The molecule has 2 amide bonds. The van der Waals surface area contributed by atoms with E-state index in [1.807, 2.05) is 0 Å². The van der Waals surface area contributed by atoms with Crippen molar-refractivity contribution in [2.24, 2.45) is 11.3 Å². The highest BCUT2D eigenvalue weighted by atomic mass is 19.1. The average molecular weight is 360 g/mol. The zero-order valence-electron chi connectivity index (χ0n) is 14.4. The van der Waals surface area contributed by atoms with Crippen molar-refractivity contribution in [1.29, 1.82) is 0 Å². The summed E-state index contributed by atoms with van der Waals surface area (Å²) in [5, 5.41) is 12.2. The fraction of sp³-hybridized carbons (Fsp3) is 0.526. The van der Waals surface area contributed by atoms with Crippen molar-refractivity contribution in [2.75, 3.05) is 13.1 Å². The van der Waals surface area contributed by atoms with Gasteiger partial charge in [0.15, 0.2) is 0 Å². The predicted octanol–water partition coefficient (Wildman–Crippen LogP) is 1.72. The standard InChI is InChI=1S/C19H21FN2O4/c20-15-3-2-12(18(25)26)13-10-22(7-4-11(13)15)17(24)14-9-21-16(23)8-19(14)5-1-6-19/h2-3,14H,1,4-10H2,(H,21,23)(H,25,26). The van der Waals surface area contributed by atoms with Crippen molar-refractivity contribution in [1.82, 2.24) is 10.2 Å². The Bertz CT molecular complexity index is 803. The van der Waals surface area contributed by atoms with E-state index < -0.39 is 11.8 Å². The van der Waals surface area contributed by atoms with Crippen LogP contribution in [0.4, 0.5) is 4.39 Å². The minimum absolute atomic E-state index is 0.00651. The van der Waals surface area contributed by atoms with Gasteiger partial charge in [-0.3, -0.25) is 9.59 Å². The number of carbonyl (C=O) groups is 3. The first-order chi connectivity index (χ1) is 12.4. The van der Waals surface area contributed by atoms with Crippen molar-refractivity contribution in [3.8, 4) is 0 Å². The van der Waals surface area contributed by atoms with Gasteiger partial charge in [-0.2, -0.15) is 0 Å². The molecule has 4 rings (SSSR count).